The number of hydrogen-bond donors (Lipinski definition) is 0. The van der Waals surface area contributed by atoms with Crippen molar-refractivity contribution in [2.45, 2.75) is 66.3 Å². The topological polar surface area (TPSA) is 30.7 Å². The largest absolute Gasteiger partial charge is 0.252 e. The van der Waals surface area contributed by atoms with Crippen LogP contribution in [0, 0.1) is 0 Å². The Bertz CT molecular complexity index is 427. The van der Waals surface area contributed by atoms with E-state index in [1.54, 1.807) is 0 Å². The summed E-state index contributed by atoms with van der Waals surface area (Å²) in [5, 5.41) is 8.22. The van der Waals surface area contributed by atoms with Crippen LogP contribution in [-0.4, -0.2) is 15.0 Å². The zero-order chi connectivity index (χ0) is 14.1. The highest BCUT2D eigenvalue weighted by atomic mass is 15.4. The van der Waals surface area contributed by atoms with E-state index in [9.17, 15) is 0 Å². The third-order valence-corrected chi connectivity index (χ3v) is 3.43. The Hall–Kier alpha value is -1.38. The van der Waals surface area contributed by atoms with Crippen molar-refractivity contribution in [2.75, 3.05) is 0 Å². The minimum absolute atomic E-state index is 0.962. The maximum Gasteiger partial charge on any atom is 0.0824 e. The molecule has 0 unspecified atom stereocenters. The van der Waals surface area contributed by atoms with E-state index >= 15 is 0 Å². The lowest BCUT2D eigenvalue weighted by Crippen LogP contribution is -1.99. The predicted molar refractivity (Wildman–Crippen MR) is 81.1 cm³/mol. The summed E-state index contributed by atoms with van der Waals surface area (Å²) in [5.41, 5.74) is 4.03. The maximum absolute atomic E-state index is 4.12. The zero-order valence-electron chi connectivity index (χ0n) is 12.8. The van der Waals surface area contributed by atoms with Gasteiger partial charge in [-0.25, -0.2) is 0 Å². The molecule has 106 valence electrons. The van der Waals surface area contributed by atoms with Crippen molar-refractivity contribution in [1.82, 2.24) is 15.0 Å². The van der Waals surface area contributed by atoms with E-state index in [2.05, 4.69) is 56.4 Å². The van der Waals surface area contributed by atoms with E-state index in [0.717, 1.165) is 37.9 Å². The fourth-order valence-electron chi connectivity index (χ4n) is 1.92. The van der Waals surface area contributed by atoms with E-state index < -0.39 is 0 Å². The van der Waals surface area contributed by atoms with Gasteiger partial charge in [0.15, 0.2) is 0 Å². The van der Waals surface area contributed by atoms with Crippen LogP contribution in [-0.2, 0) is 13.0 Å². The van der Waals surface area contributed by atoms with Gasteiger partial charge in [-0.1, -0.05) is 35.4 Å². The molecule has 0 bridgehead atoms. The molecule has 19 heavy (non-hydrogen) atoms. The van der Waals surface area contributed by atoms with Crippen LogP contribution in [0.1, 0.15) is 59.1 Å². The van der Waals surface area contributed by atoms with Gasteiger partial charge < -0.3 is 0 Å². The summed E-state index contributed by atoms with van der Waals surface area (Å²) < 4.78 is 1.95. The van der Waals surface area contributed by atoms with Crippen molar-refractivity contribution >= 4 is 0 Å². The molecule has 1 aromatic rings. The van der Waals surface area contributed by atoms with Crippen molar-refractivity contribution < 1.29 is 0 Å². The Morgan fingerprint density at radius 2 is 2.05 bits per heavy atom. The van der Waals surface area contributed by atoms with Crippen LogP contribution in [0.15, 0.2) is 29.5 Å². The van der Waals surface area contributed by atoms with E-state index in [-0.39, 0.29) is 0 Å². The summed E-state index contributed by atoms with van der Waals surface area (Å²) in [6.45, 7) is 9.59. The van der Waals surface area contributed by atoms with Crippen LogP contribution in [0.25, 0.3) is 0 Å². The van der Waals surface area contributed by atoms with Gasteiger partial charge in [-0.2, -0.15) is 0 Å². The molecule has 0 aliphatic rings. The molecule has 0 saturated carbocycles. The highest BCUT2D eigenvalue weighted by Gasteiger charge is 1.98. The molecule has 0 radical (unpaired) electrons. The smallest absolute Gasteiger partial charge is 0.0824 e. The molecule has 0 N–H and O–H groups in total. The lowest BCUT2D eigenvalue weighted by Gasteiger charge is -2.02. The lowest BCUT2D eigenvalue weighted by molar-refractivity contribution is 0.557. The third kappa shape index (κ3) is 6.37. The standard InChI is InChI=1S/C16H27N3/c1-5-14(3)9-7-10-15(4)11-8-12-19-13-16(6-2)17-18-19/h5,10,13H,6-9,11-12H2,1-4H3/b14-5+,15-10+. The molecule has 1 heterocycles. The van der Waals surface area contributed by atoms with Crippen LogP contribution in [0.4, 0.5) is 0 Å². The molecule has 0 spiro atoms. The Morgan fingerprint density at radius 3 is 2.68 bits per heavy atom. The highest BCUT2D eigenvalue weighted by molar-refractivity contribution is 5.02. The van der Waals surface area contributed by atoms with Crippen molar-refractivity contribution in [3.63, 3.8) is 0 Å². The average Bonchev–Trinajstić information content (AvgIpc) is 2.86. The Morgan fingerprint density at radius 1 is 1.26 bits per heavy atom. The van der Waals surface area contributed by atoms with Crippen LogP contribution < -0.4 is 0 Å². The van der Waals surface area contributed by atoms with E-state index in [4.69, 9.17) is 0 Å². The summed E-state index contributed by atoms with van der Waals surface area (Å²) >= 11 is 0. The van der Waals surface area contributed by atoms with E-state index in [1.807, 2.05) is 4.68 Å². The summed E-state index contributed by atoms with van der Waals surface area (Å²) in [6, 6.07) is 0. The number of nitrogens with zero attached hydrogens (tertiary/aromatic N) is 3. The van der Waals surface area contributed by atoms with Gasteiger partial charge in [-0.05, 0) is 52.9 Å². The average molecular weight is 261 g/mol. The van der Waals surface area contributed by atoms with Crippen LogP contribution in [0.5, 0.6) is 0 Å². The summed E-state index contributed by atoms with van der Waals surface area (Å²) in [7, 11) is 0. The molecule has 0 fully saturated rings. The Kier molecular flexibility index (Phi) is 7.16. The molecular formula is C16H27N3. The molecule has 0 aromatic carbocycles. The number of rotatable bonds is 8. The lowest BCUT2D eigenvalue weighted by atomic mass is 10.1. The first-order valence-corrected chi connectivity index (χ1v) is 7.32. The third-order valence-electron chi connectivity index (χ3n) is 3.43. The Balaban J connectivity index is 2.22. The molecular weight excluding hydrogens is 234 g/mol. The van der Waals surface area contributed by atoms with E-state index in [1.165, 1.54) is 17.6 Å². The molecule has 0 saturated heterocycles. The molecule has 0 aliphatic heterocycles. The van der Waals surface area contributed by atoms with Gasteiger partial charge in [-0.3, -0.25) is 4.68 Å². The molecule has 0 amide bonds. The Labute approximate surface area is 117 Å². The quantitative estimate of drug-likeness (QED) is 0.653. The monoisotopic (exact) mass is 261 g/mol. The van der Waals surface area contributed by atoms with Gasteiger partial charge in [0.25, 0.3) is 0 Å². The normalized spacial score (nSPS) is 13.1. The minimum atomic E-state index is 0.962. The van der Waals surface area contributed by atoms with Gasteiger partial charge in [0.1, 0.15) is 0 Å². The molecule has 1 rings (SSSR count). The van der Waals surface area contributed by atoms with Crippen LogP contribution in [0.2, 0.25) is 0 Å². The fourth-order valence-corrected chi connectivity index (χ4v) is 1.92. The molecule has 3 nitrogen and oxygen atoms in total. The SMILES string of the molecule is C/C=C(\C)CC/C=C(\C)CCCn1cc(CC)nn1. The number of aromatic nitrogens is 3. The second kappa shape index (κ2) is 8.68. The number of hydrogen-bond acceptors (Lipinski definition) is 2. The first kappa shape index (κ1) is 15.7. The van der Waals surface area contributed by atoms with Gasteiger partial charge >= 0.3 is 0 Å². The molecule has 0 aliphatic carbocycles. The van der Waals surface area contributed by atoms with Crippen molar-refractivity contribution in [2.24, 2.45) is 0 Å². The van der Waals surface area contributed by atoms with E-state index in [0.29, 0.717) is 0 Å². The first-order chi connectivity index (χ1) is 9.15. The summed E-state index contributed by atoms with van der Waals surface area (Å²) in [4.78, 5) is 0. The van der Waals surface area contributed by atoms with Crippen molar-refractivity contribution in [3.8, 4) is 0 Å². The highest BCUT2D eigenvalue weighted by Crippen LogP contribution is 2.10. The first-order valence-electron chi connectivity index (χ1n) is 7.32. The summed E-state index contributed by atoms with van der Waals surface area (Å²) in [5.74, 6) is 0. The van der Waals surface area contributed by atoms with Crippen molar-refractivity contribution in [1.29, 1.82) is 0 Å². The second-order valence-electron chi connectivity index (χ2n) is 5.15. The van der Waals surface area contributed by atoms with Gasteiger partial charge in [0.05, 0.1) is 5.69 Å². The number of aryl methyl sites for hydroxylation is 2. The molecule has 0 atom stereocenters. The molecule has 3 heteroatoms. The fraction of sp³-hybridized carbons (Fsp3) is 0.625. The minimum Gasteiger partial charge on any atom is -0.252 e. The molecule has 1 aromatic heterocycles. The van der Waals surface area contributed by atoms with Crippen molar-refractivity contribution in [3.05, 3.63) is 35.2 Å². The van der Waals surface area contributed by atoms with Crippen LogP contribution >= 0.6 is 0 Å². The zero-order valence-corrected chi connectivity index (χ0v) is 12.8. The van der Waals surface area contributed by atoms with Gasteiger partial charge in [0.2, 0.25) is 0 Å². The van der Waals surface area contributed by atoms with Gasteiger partial charge in [0, 0.05) is 12.7 Å². The van der Waals surface area contributed by atoms with Crippen LogP contribution in [0.3, 0.4) is 0 Å². The second-order valence-corrected chi connectivity index (χ2v) is 5.15. The summed E-state index contributed by atoms with van der Waals surface area (Å²) in [6.07, 6.45) is 12.2. The van der Waals surface area contributed by atoms with Gasteiger partial charge in [-0.15, -0.1) is 5.10 Å². The maximum atomic E-state index is 4.12. The predicted octanol–water partition coefficient (Wildman–Crippen LogP) is 4.31. The number of allylic oxidation sites excluding steroid dienone is 4.